The fourth-order valence-corrected chi connectivity index (χ4v) is 3.34. The van der Waals surface area contributed by atoms with E-state index in [1.54, 1.807) is 23.5 Å². The topological polar surface area (TPSA) is 38.9 Å². The third-order valence-electron chi connectivity index (χ3n) is 3.04. The van der Waals surface area contributed by atoms with E-state index in [-0.39, 0.29) is 5.82 Å². The van der Waals surface area contributed by atoms with Crippen LogP contribution in [-0.2, 0) is 6.54 Å². The summed E-state index contributed by atoms with van der Waals surface area (Å²) in [5, 5.41) is 0.929. The lowest BCUT2D eigenvalue weighted by molar-refractivity contribution is 0.621. The van der Waals surface area contributed by atoms with Gasteiger partial charge in [0, 0.05) is 22.9 Å². The largest absolute Gasteiger partial charge is 0.326 e. The van der Waals surface area contributed by atoms with Crippen LogP contribution < -0.4 is 5.73 Å². The second kappa shape index (κ2) is 4.72. The van der Waals surface area contributed by atoms with Crippen LogP contribution in [0.5, 0.6) is 0 Å². The molecule has 1 aliphatic rings. The molecule has 0 unspecified atom stereocenters. The standard InChI is InChI=1S/C13H12BrFN2S/c14-9-5-8(3-4-10(9)15)13-17-12(7-1-2-7)11(6-16)18-13/h3-5,7H,1-2,6,16H2. The molecular weight excluding hydrogens is 315 g/mol. The van der Waals surface area contributed by atoms with Gasteiger partial charge >= 0.3 is 0 Å². The number of benzene rings is 1. The zero-order chi connectivity index (χ0) is 12.7. The van der Waals surface area contributed by atoms with Crippen LogP contribution in [0.4, 0.5) is 4.39 Å². The van der Waals surface area contributed by atoms with Crippen molar-refractivity contribution in [2.45, 2.75) is 25.3 Å². The Morgan fingerprint density at radius 3 is 2.83 bits per heavy atom. The van der Waals surface area contributed by atoms with Gasteiger partial charge in [0.15, 0.2) is 0 Å². The predicted octanol–water partition coefficient (Wildman–Crippen LogP) is 4.05. The first-order chi connectivity index (χ1) is 8.69. The molecule has 3 rings (SSSR count). The first kappa shape index (κ1) is 12.3. The van der Waals surface area contributed by atoms with Crippen molar-refractivity contribution in [3.63, 3.8) is 0 Å². The van der Waals surface area contributed by atoms with Gasteiger partial charge in [0.25, 0.3) is 0 Å². The van der Waals surface area contributed by atoms with E-state index in [1.165, 1.54) is 18.9 Å². The fourth-order valence-electron chi connectivity index (χ4n) is 1.94. The van der Waals surface area contributed by atoms with Gasteiger partial charge in [0.05, 0.1) is 10.2 Å². The molecule has 0 amide bonds. The molecule has 0 bridgehead atoms. The third kappa shape index (κ3) is 2.22. The average molecular weight is 327 g/mol. The quantitative estimate of drug-likeness (QED) is 0.924. The second-order valence-corrected chi connectivity index (χ2v) is 6.37. The zero-order valence-corrected chi connectivity index (χ0v) is 12.0. The molecule has 0 saturated heterocycles. The van der Waals surface area contributed by atoms with E-state index in [2.05, 4.69) is 20.9 Å². The monoisotopic (exact) mass is 326 g/mol. The molecule has 2 aromatic rings. The van der Waals surface area contributed by atoms with Crippen LogP contribution in [0.2, 0.25) is 0 Å². The molecule has 1 saturated carbocycles. The summed E-state index contributed by atoms with van der Waals surface area (Å²) < 4.78 is 13.7. The van der Waals surface area contributed by atoms with Gasteiger partial charge in [-0.2, -0.15) is 0 Å². The van der Waals surface area contributed by atoms with Crippen molar-refractivity contribution in [1.29, 1.82) is 0 Å². The Morgan fingerprint density at radius 2 is 2.22 bits per heavy atom. The van der Waals surface area contributed by atoms with Crippen LogP contribution in [0.25, 0.3) is 10.6 Å². The van der Waals surface area contributed by atoms with E-state index in [9.17, 15) is 4.39 Å². The summed E-state index contributed by atoms with van der Waals surface area (Å²) >= 11 is 4.82. The van der Waals surface area contributed by atoms with E-state index in [0.29, 0.717) is 16.9 Å². The van der Waals surface area contributed by atoms with Gasteiger partial charge in [-0.25, -0.2) is 9.37 Å². The average Bonchev–Trinajstić information content (AvgIpc) is 3.12. The zero-order valence-electron chi connectivity index (χ0n) is 9.62. The van der Waals surface area contributed by atoms with Gasteiger partial charge in [0.1, 0.15) is 10.8 Å². The number of thiazole rings is 1. The number of halogens is 2. The van der Waals surface area contributed by atoms with Crippen molar-refractivity contribution >= 4 is 27.3 Å². The molecule has 0 aliphatic heterocycles. The van der Waals surface area contributed by atoms with E-state index in [1.807, 2.05) is 0 Å². The Kier molecular flexibility index (Phi) is 3.21. The molecule has 5 heteroatoms. The predicted molar refractivity (Wildman–Crippen MR) is 75.1 cm³/mol. The van der Waals surface area contributed by atoms with Crippen molar-refractivity contribution in [3.05, 3.63) is 39.1 Å². The molecule has 1 aromatic carbocycles. The Balaban J connectivity index is 2.02. The van der Waals surface area contributed by atoms with Crippen molar-refractivity contribution in [2.75, 3.05) is 0 Å². The van der Waals surface area contributed by atoms with Crippen LogP contribution in [0.1, 0.15) is 29.3 Å². The summed E-state index contributed by atoms with van der Waals surface area (Å²) in [5.41, 5.74) is 7.85. The van der Waals surface area contributed by atoms with Crippen LogP contribution in [0, 0.1) is 5.82 Å². The van der Waals surface area contributed by atoms with Gasteiger partial charge in [0.2, 0.25) is 0 Å². The van der Waals surface area contributed by atoms with Gasteiger partial charge < -0.3 is 5.73 Å². The summed E-state index contributed by atoms with van der Waals surface area (Å²) in [6.07, 6.45) is 2.42. The molecule has 0 spiro atoms. The summed E-state index contributed by atoms with van der Waals surface area (Å²) in [7, 11) is 0. The van der Waals surface area contributed by atoms with Gasteiger partial charge in [-0.15, -0.1) is 11.3 Å². The summed E-state index contributed by atoms with van der Waals surface area (Å²) in [6.45, 7) is 0.534. The number of hydrogen-bond donors (Lipinski definition) is 1. The molecule has 1 fully saturated rings. The lowest BCUT2D eigenvalue weighted by Crippen LogP contribution is -1.96. The smallest absolute Gasteiger partial charge is 0.137 e. The molecule has 2 N–H and O–H groups in total. The molecule has 1 heterocycles. The van der Waals surface area contributed by atoms with E-state index in [4.69, 9.17) is 5.73 Å². The lowest BCUT2D eigenvalue weighted by Gasteiger charge is -1.98. The molecule has 94 valence electrons. The molecule has 18 heavy (non-hydrogen) atoms. The maximum absolute atomic E-state index is 13.2. The number of hydrogen-bond acceptors (Lipinski definition) is 3. The third-order valence-corrected chi connectivity index (χ3v) is 4.79. The highest BCUT2D eigenvalue weighted by Crippen LogP contribution is 2.44. The first-order valence-corrected chi connectivity index (χ1v) is 7.45. The molecule has 1 aliphatic carbocycles. The van der Waals surface area contributed by atoms with Gasteiger partial charge in [-0.1, -0.05) is 0 Å². The second-order valence-electron chi connectivity index (χ2n) is 4.43. The maximum Gasteiger partial charge on any atom is 0.137 e. The van der Waals surface area contributed by atoms with Crippen LogP contribution in [0.15, 0.2) is 22.7 Å². The Bertz CT molecular complexity index is 593. The summed E-state index contributed by atoms with van der Waals surface area (Å²) in [6, 6.07) is 4.99. The molecule has 0 radical (unpaired) electrons. The maximum atomic E-state index is 13.2. The minimum atomic E-state index is -0.253. The lowest BCUT2D eigenvalue weighted by atomic mass is 10.2. The molecule has 1 aromatic heterocycles. The van der Waals surface area contributed by atoms with Crippen molar-refractivity contribution in [2.24, 2.45) is 5.73 Å². The Labute approximate surface area is 117 Å². The van der Waals surface area contributed by atoms with E-state index >= 15 is 0 Å². The Hall–Kier alpha value is -0.780. The fraction of sp³-hybridized carbons (Fsp3) is 0.308. The van der Waals surface area contributed by atoms with Gasteiger partial charge in [-0.3, -0.25) is 0 Å². The normalized spacial score (nSPS) is 15.1. The molecule has 0 atom stereocenters. The highest BCUT2D eigenvalue weighted by molar-refractivity contribution is 9.10. The van der Waals surface area contributed by atoms with Crippen molar-refractivity contribution < 1.29 is 4.39 Å². The van der Waals surface area contributed by atoms with Crippen molar-refractivity contribution in [3.8, 4) is 10.6 Å². The van der Waals surface area contributed by atoms with Crippen LogP contribution in [0.3, 0.4) is 0 Å². The van der Waals surface area contributed by atoms with Gasteiger partial charge in [-0.05, 0) is 47.0 Å². The SMILES string of the molecule is NCc1sc(-c2ccc(F)c(Br)c2)nc1C1CC1. The van der Waals surface area contributed by atoms with E-state index < -0.39 is 0 Å². The van der Waals surface area contributed by atoms with Crippen molar-refractivity contribution in [1.82, 2.24) is 4.98 Å². The van der Waals surface area contributed by atoms with E-state index in [0.717, 1.165) is 21.1 Å². The van der Waals surface area contributed by atoms with Crippen LogP contribution >= 0.6 is 27.3 Å². The highest BCUT2D eigenvalue weighted by Gasteiger charge is 2.29. The highest BCUT2D eigenvalue weighted by atomic mass is 79.9. The first-order valence-electron chi connectivity index (χ1n) is 5.84. The Morgan fingerprint density at radius 1 is 1.44 bits per heavy atom. The summed E-state index contributed by atoms with van der Waals surface area (Å²) in [4.78, 5) is 5.84. The van der Waals surface area contributed by atoms with Crippen LogP contribution in [-0.4, -0.2) is 4.98 Å². The summed E-state index contributed by atoms with van der Waals surface area (Å²) in [5.74, 6) is 0.342. The molecular formula is C13H12BrFN2S. The number of aromatic nitrogens is 1. The molecule has 2 nitrogen and oxygen atoms in total. The number of rotatable bonds is 3. The minimum absolute atomic E-state index is 0.253. The number of nitrogens with two attached hydrogens (primary N) is 1. The minimum Gasteiger partial charge on any atom is -0.326 e. The number of nitrogens with zero attached hydrogens (tertiary/aromatic N) is 1.